The fourth-order valence-corrected chi connectivity index (χ4v) is 5.30. The highest BCUT2D eigenvalue weighted by molar-refractivity contribution is 6.37. The molecular formula is C31H31ClN10O4. The normalized spacial score (nSPS) is 11.7. The molecule has 0 aliphatic heterocycles. The number of carboxylic acid groups (broad SMARTS) is 1. The molecule has 5 rings (SSSR count). The first-order valence-electron chi connectivity index (χ1n) is 14.4. The van der Waals surface area contributed by atoms with E-state index in [1.54, 1.807) is 36.4 Å². The van der Waals surface area contributed by atoms with Crippen LogP contribution in [-0.2, 0) is 11.3 Å². The van der Waals surface area contributed by atoms with Crippen molar-refractivity contribution in [1.29, 1.82) is 0 Å². The smallest absolute Gasteiger partial charge is 0.326 e. The summed E-state index contributed by atoms with van der Waals surface area (Å²) in [7, 11) is 0. The summed E-state index contributed by atoms with van der Waals surface area (Å²) in [6.45, 7) is 2.26. The average molecular weight is 643 g/mol. The number of nitrogens with zero attached hydrogens (tertiary/aromatic N) is 5. The number of aromatic nitrogens is 6. The number of halogens is 1. The zero-order valence-electron chi connectivity index (χ0n) is 24.7. The van der Waals surface area contributed by atoms with Crippen molar-refractivity contribution in [1.82, 2.24) is 35.9 Å². The van der Waals surface area contributed by atoms with Crippen molar-refractivity contribution >= 4 is 57.6 Å². The van der Waals surface area contributed by atoms with Gasteiger partial charge in [0.1, 0.15) is 11.9 Å². The second-order valence-corrected chi connectivity index (χ2v) is 11.0. The van der Waals surface area contributed by atoms with Crippen LogP contribution >= 0.6 is 11.6 Å². The van der Waals surface area contributed by atoms with Gasteiger partial charge in [-0.2, -0.15) is 10.2 Å². The highest BCUT2D eigenvalue weighted by Crippen LogP contribution is 2.31. The van der Waals surface area contributed by atoms with Gasteiger partial charge in [-0.15, -0.1) is 10.2 Å². The van der Waals surface area contributed by atoms with E-state index in [4.69, 9.17) is 23.1 Å². The fraction of sp³-hybridized carbons (Fsp3) is 0.226. The van der Waals surface area contributed by atoms with Gasteiger partial charge in [0.05, 0.1) is 15.9 Å². The fourth-order valence-electron chi connectivity index (χ4n) is 4.98. The van der Waals surface area contributed by atoms with E-state index >= 15 is 0 Å². The SMILES string of the molecule is Cc1ccc(C(=O)CCCC[C@H](NC(=O)c2ccc(NCc3ccc4nc(N)nc(N)c4c3Cl)cc2)C(=O)O)c(-c2nn[nH]n2)c1. The number of nitrogens with one attached hydrogen (secondary N) is 3. The third-order valence-electron chi connectivity index (χ3n) is 7.37. The predicted molar refractivity (Wildman–Crippen MR) is 173 cm³/mol. The van der Waals surface area contributed by atoms with Crippen LogP contribution in [0.3, 0.4) is 0 Å². The summed E-state index contributed by atoms with van der Waals surface area (Å²) in [4.78, 5) is 45.9. The Kier molecular flexibility index (Phi) is 9.67. The van der Waals surface area contributed by atoms with Crippen molar-refractivity contribution < 1.29 is 19.5 Å². The number of rotatable bonds is 13. The molecule has 0 saturated heterocycles. The molecule has 0 aliphatic carbocycles. The largest absolute Gasteiger partial charge is 0.480 e. The Morgan fingerprint density at radius 3 is 2.52 bits per heavy atom. The summed E-state index contributed by atoms with van der Waals surface area (Å²) in [5.74, 6) is -1.21. The Balaban J connectivity index is 1.13. The number of aromatic amines is 1. The van der Waals surface area contributed by atoms with E-state index in [0.29, 0.717) is 63.5 Å². The summed E-state index contributed by atoms with van der Waals surface area (Å²) in [5.41, 5.74) is 16.0. The summed E-state index contributed by atoms with van der Waals surface area (Å²) in [5, 5.41) is 30.4. The zero-order valence-corrected chi connectivity index (χ0v) is 25.5. The molecule has 5 aromatic rings. The Morgan fingerprint density at radius 1 is 1.02 bits per heavy atom. The second kappa shape index (κ2) is 14.0. The number of carboxylic acids is 1. The average Bonchev–Trinajstić information content (AvgIpc) is 3.57. The van der Waals surface area contributed by atoms with Gasteiger partial charge in [-0.3, -0.25) is 9.59 Å². The molecule has 0 radical (unpaired) electrons. The topological polar surface area (TPSA) is 228 Å². The van der Waals surface area contributed by atoms with Crippen LogP contribution in [0.15, 0.2) is 54.6 Å². The van der Waals surface area contributed by atoms with Gasteiger partial charge in [-0.05, 0) is 66.9 Å². The van der Waals surface area contributed by atoms with Crippen LogP contribution in [-0.4, -0.2) is 59.4 Å². The van der Waals surface area contributed by atoms with E-state index < -0.39 is 17.9 Å². The lowest BCUT2D eigenvalue weighted by molar-refractivity contribution is -0.139. The molecule has 46 heavy (non-hydrogen) atoms. The molecule has 0 fully saturated rings. The van der Waals surface area contributed by atoms with Gasteiger partial charge >= 0.3 is 5.97 Å². The Hall–Kier alpha value is -5.63. The number of carbonyl (C=O) groups excluding carboxylic acids is 2. The first kappa shape index (κ1) is 31.8. The molecule has 1 amide bonds. The van der Waals surface area contributed by atoms with Crippen LogP contribution in [0.2, 0.25) is 5.02 Å². The van der Waals surface area contributed by atoms with E-state index in [-0.39, 0.29) is 30.4 Å². The summed E-state index contributed by atoms with van der Waals surface area (Å²) in [6.07, 6.45) is 1.21. The van der Waals surface area contributed by atoms with Crippen LogP contribution in [0.1, 0.15) is 57.5 Å². The highest BCUT2D eigenvalue weighted by Gasteiger charge is 2.21. The van der Waals surface area contributed by atoms with Gasteiger partial charge in [0.15, 0.2) is 5.78 Å². The number of nitrogens with two attached hydrogens (primary N) is 2. The van der Waals surface area contributed by atoms with Crippen molar-refractivity contribution in [2.45, 2.75) is 45.2 Å². The van der Waals surface area contributed by atoms with Crippen molar-refractivity contribution in [3.63, 3.8) is 0 Å². The first-order chi connectivity index (χ1) is 22.1. The molecule has 2 heterocycles. The number of fused-ring (bicyclic) bond motifs is 1. The molecular weight excluding hydrogens is 612 g/mol. The lowest BCUT2D eigenvalue weighted by Gasteiger charge is -2.15. The molecule has 0 spiro atoms. The molecule has 8 N–H and O–H groups in total. The van der Waals surface area contributed by atoms with Gasteiger partial charge in [-0.25, -0.2) is 9.78 Å². The third kappa shape index (κ3) is 7.35. The van der Waals surface area contributed by atoms with Gasteiger partial charge in [0.25, 0.3) is 5.91 Å². The molecule has 0 unspecified atom stereocenters. The lowest BCUT2D eigenvalue weighted by atomic mass is 9.97. The minimum absolute atomic E-state index is 0.0631. The third-order valence-corrected chi connectivity index (χ3v) is 7.80. The number of unbranched alkanes of at least 4 members (excludes halogenated alkanes) is 1. The number of aryl methyl sites for hydroxylation is 1. The number of Topliss-reactive ketones (excluding diaryl/α,β-unsaturated/α-hetero) is 1. The van der Waals surface area contributed by atoms with Crippen LogP contribution in [0.5, 0.6) is 0 Å². The van der Waals surface area contributed by atoms with Crippen LogP contribution < -0.4 is 22.1 Å². The van der Waals surface area contributed by atoms with Crippen LogP contribution in [0.25, 0.3) is 22.3 Å². The number of tetrazole rings is 1. The van der Waals surface area contributed by atoms with Crippen molar-refractivity contribution in [2.24, 2.45) is 0 Å². The molecule has 15 heteroatoms. The van der Waals surface area contributed by atoms with Gasteiger partial charge < -0.3 is 27.2 Å². The summed E-state index contributed by atoms with van der Waals surface area (Å²) in [6, 6.07) is 14.4. The van der Waals surface area contributed by atoms with Crippen molar-refractivity contribution in [3.8, 4) is 11.4 Å². The molecule has 0 saturated carbocycles. The van der Waals surface area contributed by atoms with E-state index in [9.17, 15) is 19.5 Å². The highest BCUT2D eigenvalue weighted by atomic mass is 35.5. The number of ketones is 1. The van der Waals surface area contributed by atoms with Gasteiger partial charge in [0, 0.05) is 35.3 Å². The number of hydrogen-bond acceptors (Lipinski definition) is 11. The molecule has 1 atom stereocenters. The number of anilines is 3. The van der Waals surface area contributed by atoms with Gasteiger partial charge in [0.2, 0.25) is 11.8 Å². The number of aliphatic carboxylic acids is 1. The molecule has 2 aromatic heterocycles. The minimum Gasteiger partial charge on any atom is -0.480 e. The Labute approximate surface area is 268 Å². The number of amides is 1. The molecule has 3 aromatic carbocycles. The molecule has 0 bridgehead atoms. The minimum atomic E-state index is -1.16. The first-order valence-corrected chi connectivity index (χ1v) is 14.7. The van der Waals surface area contributed by atoms with Crippen LogP contribution in [0, 0.1) is 6.92 Å². The van der Waals surface area contributed by atoms with E-state index in [2.05, 4.69) is 41.2 Å². The monoisotopic (exact) mass is 642 g/mol. The molecule has 0 aliphatic rings. The maximum absolute atomic E-state index is 13.0. The predicted octanol–water partition coefficient (Wildman–Crippen LogP) is 4.17. The Morgan fingerprint density at radius 2 is 1.80 bits per heavy atom. The van der Waals surface area contributed by atoms with E-state index in [1.807, 2.05) is 25.1 Å². The quantitative estimate of drug-likeness (QED) is 0.0785. The Bertz CT molecular complexity index is 1900. The van der Waals surface area contributed by atoms with Crippen LogP contribution in [0.4, 0.5) is 17.5 Å². The number of nitrogen functional groups attached to an aromatic ring is 2. The number of hydrogen-bond donors (Lipinski definition) is 6. The van der Waals surface area contributed by atoms with Crippen molar-refractivity contribution in [2.75, 3.05) is 16.8 Å². The van der Waals surface area contributed by atoms with E-state index in [0.717, 1.165) is 11.1 Å². The number of H-pyrrole nitrogens is 1. The standard InChI is InChI=1S/C31H31ClN10O4/c1-16-6-12-20(21(14-16)28-39-41-42-40-28)24(43)5-3-2-4-23(30(45)46)36-29(44)17-7-10-19(11-8-17)35-15-18-9-13-22-25(26(18)32)27(33)38-31(34)37-22/h6-14,23,35H,2-5,15H2,1H3,(H,36,44)(H,45,46)(H4,33,34,37,38)(H,39,40,41,42)/t23-/m0/s1. The number of carbonyl (C=O) groups is 3. The van der Waals surface area contributed by atoms with Gasteiger partial charge in [-0.1, -0.05) is 41.8 Å². The lowest BCUT2D eigenvalue weighted by Crippen LogP contribution is -2.40. The summed E-state index contributed by atoms with van der Waals surface area (Å²) < 4.78 is 0. The number of benzene rings is 3. The molecule has 14 nitrogen and oxygen atoms in total. The zero-order chi connectivity index (χ0) is 32.8. The van der Waals surface area contributed by atoms with Crippen molar-refractivity contribution in [3.05, 3.63) is 81.9 Å². The van der Waals surface area contributed by atoms with E-state index in [1.165, 1.54) is 0 Å². The summed E-state index contributed by atoms with van der Waals surface area (Å²) >= 11 is 6.56. The molecule has 236 valence electrons. The maximum atomic E-state index is 13.0. The second-order valence-electron chi connectivity index (χ2n) is 10.6. The maximum Gasteiger partial charge on any atom is 0.326 e.